The second-order valence-corrected chi connectivity index (χ2v) is 5.36. The molecule has 8 nitrogen and oxygen atoms in total. The van der Waals surface area contributed by atoms with Gasteiger partial charge in [-0.1, -0.05) is 11.6 Å². The van der Waals surface area contributed by atoms with E-state index in [1.54, 1.807) is 13.0 Å². The van der Waals surface area contributed by atoms with Gasteiger partial charge in [0.15, 0.2) is 0 Å². The first-order chi connectivity index (χ1) is 12.0. The average Bonchev–Trinajstić information content (AvgIpc) is 3.02. The van der Waals surface area contributed by atoms with Crippen LogP contribution >= 0.6 is 11.6 Å². The smallest absolute Gasteiger partial charge is 0.320 e. The van der Waals surface area contributed by atoms with Crippen LogP contribution in [0.2, 0.25) is 5.15 Å². The van der Waals surface area contributed by atoms with Gasteiger partial charge in [-0.15, -0.1) is 5.10 Å². The predicted octanol–water partition coefficient (Wildman–Crippen LogP) is 3.28. The SMILES string of the molecule is COc1cc(Nc2cc(Cl)nc(OC(C)c3ccc(F)cn3)n2)[nH]n1. The summed E-state index contributed by atoms with van der Waals surface area (Å²) in [5, 5.41) is 9.83. The van der Waals surface area contributed by atoms with E-state index in [2.05, 4.69) is 30.5 Å². The summed E-state index contributed by atoms with van der Waals surface area (Å²) in [6, 6.07) is 6.07. The first kappa shape index (κ1) is 16.9. The van der Waals surface area contributed by atoms with E-state index in [1.807, 2.05) is 0 Å². The lowest BCUT2D eigenvalue weighted by atomic mass is 10.2. The topological polar surface area (TPSA) is 97.8 Å². The van der Waals surface area contributed by atoms with E-state index < -0.39 is 11.9 Å². The van der Waals surface area contributed by atoms with Gasteiger partial charge in [0.2, 0.25) is 5.88 Å². The number of H-pyrrole nitrogens is 1. The van der Waals surface area contributed by atoms with Crippen LogP contribution < -0.4 is 14.8 Å². The fourth-order valence-corrected chi connectivity index (χ4v) is 2.15. The fourth-order valence-electron chi connectivity index (χ4n) is 1.97. The molecule has 0 aliphatic heterocycles. The van der Waals surface area contributed by atoms with Crippen molar-refractivity contribution < 1.29 is 13.9 Å². The molecule has 130 valence electrons. The molecule has 0 bridgehead atoms. The Hall–Kier alpha value is -2.94. The molecule has 1 unspecified atom stereocenters. The molecule has 0 fully saturated rings. The molecule has 0 aromatic carbocycles. The summed E-state index contributed by atoms with van der Waals surface area (Å²) in [6.45, 7) is 1.75. The lowest BCUT2D eigenvalue weighted by Crippen LogP contribution is -2.08. The van der Waals surface area contributed by atoms with Crippen LogP contribution in [0.4, 0.5) is 16.0 Å². The zero-order chi connectivity index (χ0) is 17.8. The number of anilines is 2. The minimum Gasteiger partial charge on any atom is -0.480 e. The number of methoxy groups -OCH3 is 1. The van der Waals surface area contributed by atoms with E-state index >= 15 is 0 Å². The number of hydrogen-bond acceptors (Lipinski definition) is 7. The van der Waals surface area contributed by atoms with Gasteiger partial charge in [0, 0.05) is 12.1 Å². The minimum absolute atomic E-state index is 0.0557. The highest BCUT2D eigenvalue weighted by molar-refractivity contribution is 6.29. The molecule has 1 atom stereocenters. The number of ether oxygens (including phenoxy) is 2. The molecule has 10 heteroatoms. The quantitative estimate of drug-likeness (QED) is 0.647. The van der Waals surface area contributed by atoms with Crippen molar-refractivity contribution in [1.29, 1.82) is 0 Å². The second kappa shape index (κ2) is 7.31. The molecule has 3 rings (SSSR count). The standard InChI is InChI=1S/C15H14ClFN6O2/c1-8(10-4-3-9(17)7-18-10)25-15-19-11(16)5-12(21-15)20-13-6-14(24-2)23-22-13/h3-8H,1-2H3,(H2,19,20,21,22,23). The average molecular weight is 365 g/mol. The molecule has 3 heterocycles. The van der Waals surface area contributed by atoms with Crippen molar-refractivity contribution >= 4 is 23.2 Å². The molecule has 0 aliphatic carbocycles. The van der Waals surface area contributed by atoms with Crippen LogP contribution in [-0.2, 0) is 0 Å². The molecule has 0 saturated carbocycles. The van der Waals surface area contributed by atoms with Gasteiger partial charge in [-0.05, 0) is 19.1 Å². The van der Waals surface area contributed by atoms with Crippen LogP contribution in [0.25, 0.3) is 0 Å². The Morgan fingerprint density at radius 3 is 2.80 bits per heavy atom. The van der Waals surface area contributed by atoms with Gasteiger partial charge in [0.05, 0.1) is 19.0 Å². The highest BCUT2D eigenvalue weighted by Gasteiger charge is 2.13. The lowest BCUT2D eigenvalue weighted by molar-refractivity contribution is 0.203. The van der Waals surface area contributed by atoms with Crippen molar-refractivity contribution in [2.75, 3.05) is 12.4 Å². The van der Waals surface area contributed by atoms with Gasteiger partial charge in [0.25, 0.3) is 0 Å². The highest BCUT2D eigenvalue weighted by atomic mass is 35.5. The Morgan fingerprint density at radius 1 is 1.28 bits per heavy atom. The summed E-state index contributed by atoms with van der Waals surface area (Å²) in [4.78, 5) is 12.2. The number of aromatic amines is 1. The van der Waals surface area contributed by atoms with Crippen molar-refractivity contribution in [2.45, 2.75) is 13.0 Å². The zero-order valence-electron chi connectivity index (χ0n) is 13.3. The van der Waals surface area contributed by atoms with Crippen molar-refractivity contribution in [3.05, 3.63) is 47.1 Å². The maximum Gasteiger partial charge on any atom is 0.320 e. The van der Waals surface area contributed by atoms with Crippen molar-refractivity contribution in [2.24, 2.45) is 0 Å². The monoisotopic (exact) mass is 364 g/mol. The molecule has 2 N–H and O–H groups in total. The maximum atomic E-state index is 12.9. The molecule has 0 saturated heterocycles. The molecule has 25 heavy (non-hydrogen) atoms. The molecule has 0 radical (unpaired) electrons. The van der Waals surface area contributed by atoms with Gasteiger partial charge in [-0.3, -0.25) is 10.1 Å². The van der Waals surface area contributed by atoms with Crippen LogP contribution in [0, 0.1) is 5.82 Å². The third kappa shape index (κ3) is 4.32. The number of nitrogens with zero attached hydrogens (tertiary/aromatic N) is 4. The van der Waals surface area contributed by atoms with Crippen LogP contribution in [0.1, 0.15) is 18.7 Å². The van der Waals surface area contributed by atoms with E-state index in [9.17, 15) is 4.39 Å². The van der Waals surface area contributed by atoms with E-state index in [0.717, 1.165) is 6.20 Å². The second-order valence-electron chi connectivity index (χ2n) is 4.97. The molecular weight excluding hydrogens is 351 g/mol. The van der Waals surface area contributed by atoms with E-state index in [1.165, 1.54) is 25.3 Å². The van der Waals surface area contributed by atoms with E-state index in [4.69, 9.17) is 21.1 Å². The summed E-state index contributed by atoms with van der Waals surface area (Å²) in [6.07, 6.45) is 0.631. The summed E-state index contributed by atoms with van der Waals surface area (Å²) >= 11 is 6.01. The maximum absolute atomic E-state index is 12.9. The normalized spacial score (nSPS) is 11.8. The Bertz CT molecular complexity index is 857. The van der Waals surface area contributed by atoms with Crippen molar-refractivity contribution in [3.8, 4) is 11.9 Å². The van der Waals surface area contributed by atoms with Crippen LogP contribution in [0.3, 0.4) is 0 Å². The molecule has 3 aromatic heterocycles. The summed E-state index contributed by atoms with van der Waals surface area (Å²) in [7, 11) is 1.51. The fraction of sp³-hybridized carbons (Fsp3) is 0.200. The zero-order valence-corrected chi connectivity index (χ0v) is 14.1. The number of aromatic nitrogens is 5. The van der Waals surface area contributed by atoms with Crippen LogP contribution in [0.5, 0.6) is 11.9 Å². The van der Waals surface area contributed by atoms with Gasteiger partial charge < -0.3 is 14.8 Å². The Kier molecular flexibility index (Phi) is 4.94. The molecular formula is C15H14ClFN6O2. The lowest BCUT2D eigenvalue weighted by Gasteiger charge is -2.13. The van der Waals surface area contributed by atoms with Crippen LogP contribution in [0.15, 0.2) is 30.5 Å². The Labute approximate surface area is 147 Å². The molecule has 0 spiro atoms. The van der Waals surface area contributed by atoms with Gasteiger partial charge in [-0.25, -0.2) is 4.39 Å². The Balaban J connectivity index is 1.75. The number of rotatable bonds is 6. The Morgan fingerprint density at radius 2 is 2.12 bits per heavy atom. The van der Waals surface area contributed by atoms with Crippen LogP contribution in [-0.4, -0.2) is 32.3 Å². The third-order valence-corrected chi connectivity index (χ3v) is 3.34. The number of halogens is 2. The third-order valence-electron chi connectivity index (χ3n) is 3.15. The van der Waals surface area contributed by atoms with Crippen molar-refractivity contribution in [1.82, 2.24) is 25.1 Å². The molecule has 3 aromatic rings. The highest BCUT2D eigenvalue weighted by Crippen LogP contribution is 2.23. The number of pyridine rings is 1. The first-order valence-electron chi connectivity index (χ1n) is 7.22. The van der Waals surface area contributed by atoms with Gasteiger partial charge >= 0.3 is 6.01 Å². The van der Waals surface area contributed by atoms with E-state index in [-0.39, 0.29) is 11.2 Å². The van der Waals surface area contributed by atoms with Gasteiger partial charge in [-0.2, -0.15) is 9.97 Å². The predicted molar refractivity (Wildman–Crippen MR) is 88.7 cm³/mol. The number of hydrogen-bond donors (Lipinski definition) is 2. The summed E-state index contributed by atoms with van der Waals surface area (Å²) in [5.41, 5.74) is 0.540. The summed E-state index contributed by atoms with van der Waals surface area (Å²) < 4.78 is 23.6. The van der Waals surface area contributed by atoms with Gasteiger partial charge in [0.1, 0.15) is 28.7 Å². The largest absolute Gasteiger partial charge is 0.480 e. The molecule has 0 aliphatic rings. The minimum atomic E-state index is -0.487. The number of nitrogens with one attached hydrogen (secondary N) is 2. The molecule has 0 amide bonds. The van der Waals surface area contributed by atoms with Crippen molar-refractivity contribution in [3.63, 3.8) is 0 Å². The first-order valence-corrected chi connectivity index (χ1v) is 7.60. The summed E-state index contributed by atoms with van der Waals surface area (Å²) in [5.74, 6) is 0.970. The van der Waals surface area contributed by atoms with E-state index in [0.29, 0.717) is 23.2 Å².